The predicted octanol–water partition coefficient (Wildman–Crippen LogP) is 3.38. The van der Waals surface area contributed by atoms with Gasteiger partial charge in [0.05, 0.1) is 4.90 Å². The van der Waals surface area contributed by atoms with Crippen molar-refractivity contribution in [2.24, 2.45) is 0 Å². The molecular formula is C20H17ClN4O5S2. The van der Waals surface area contributed by atoms with Crippen LogP contribution in [0, 0.1) is 0 Å². The minimum absolute atomic E-state index is 0.0996. The third-order valence-corrected chi connectivity index (χ3v) is 8.26. The molecule has 166 valence electrons. The smallest absolute Gasteiger partial charge is 0.244 e. The molecule has 2 aromatic carbocycles. The van der Waals surface area contributed by atoms with E-state index in [0.29, 0.717) is 39.5 Å². The van der Waals surface area contributed by atoms with Gasteiger partial charge in [0.15, 0.2) is 11.5 Å². The molecule has 0 bridgehead atoms. The number of benzene rings is 2. The van der Waals surface area contributed by atoms with Crippen molar-refractivity contribution < 1.29 is 22.7 Å². The second-order valence-electron chi connectivity index (χ2n) is 7.20. The van der Waals surface area contributed by atoms with Gasteiger partial charge in [-0.25, -0.2) is 8.42 Å². The van der Waals surface area contributed by atoms with Gasteiger partial charge in [0.2, 0.25) is 27.9 Å². The van der Waals surface area contributed by atoms with Crippen molar-refractivity contribution in [3.05, 3.63) is 47.5 Å². The van der Waals surface area contributed by atoms with Crippen LogP contribution in [0.25, 0.3) is 10.6 Å². The summed E-state index contributed by atoms with van der Waals surface area (Å²) in [7, 11) is -3.83. The number of ether oxygens (including phenoxy) is 2. The van der Waals surface area contributed by atoms with E-state index < -0.39 is 22.0 Å². The molecule has 1 amide bonds. The summed E-state index contributed by atoms with van der Waals surface area (Å²) in [4.78, 5) is 13.0. The Kier molecular flexibility index (Phi) is 5.49. The normalized spacial score (nSPS) is 18.1. The highest BCUT2D eigenvalue weighted by molar-refractivity contribution is 7.89. The number of carbonyl (C=O) groups is 1. The van der Waals surface area contributed by atoms with Crippen LogP contribution in [-0.4, -0.2) is 48.2 Å². The van der Waals surface area contributed by atoms with E-state index in [1.54, 1.807) is 12.1 Å². The summed E-state index contributed by atoms with van der Waals surface area (Å²) in [5, 5.41) is 12.2. The molecule has 32 heavy (non-hydrogen) atoms. The van der Waals surface area contributed by atoms with Crippen LogP contribution in [0.4, 0.5) is 5.13 Å². The Morgan fingerprint density at radius 2 is 1.91 bits per heavy atom. The van der Waals surface area contributed by atoms with Crippen molar-refractivity contribution in [2.75, 3.05) is 18.7 Å². The van der Waals surface area contributed by atoms with Gasteiger partial charge >= 0.3 is 0 Å². The Bertz CT molecular complexity index is 1280. The largest absolute Gasteiger partial charge is 0.454 e. The summed E-state index contributed by atoms with van der Waals surface area (Å²) in [5.74, 6) is 0.848. The van der Waals surface area contributed by atoms with Crippen LogP contribution in [0.2, 0.25) is 5.02 Å². The standard InChI is InChI=1S/C20H17ClN4O5S2/c21-13-4-6-14(7-5-13)32(27,28)25-9-1-2-15(25)18(26)22-20-24-23-19(31-20)12-3-8-16-17(10-12)30-11-29-16/h3-8,10,15H,1-2,9,11H2,(H,22,24,26). The number of carbonyl (C=O) groups excluding carboxylic acids is 1. The number of halogens is 1. The van der Waals surface area contributed by atoms with Gasteiger partial charge in [-0.2, -0.15) is 4.31 Å². The second kappa shape index (κ2) is 8.32. The molecule has 0 spiro atoms. The lowest BCUT2D eigenvalue weighted by Gasteiger charge is -2.23. The average molecular weight is 493 g/mol. The van der Waals surface area contributed by atoms with Crippen LogP contribution < -0.4 is 14.8 Å². The molecule has 2 aliphatic rings. The topological polar surface area (TPSA) is 111 Å². The van der Waals surface area contributed by atoms with E-state index >= 15 is 0 Å². The molecule has 5 rings (SSSR count). The number of anilines is 1. The molecule has 1 atom stereocenters. The SMILES string of the molecule is O=C(Nc1nnc(-c2ccc3c(c2)OCO3)s1)C1CCCN1S(=O)(=O)c1ccc(Cl)cc1. The molecule has 0 aliphatic carbocycles. The molecule has 1 fully saturated rings. The van der Waals surface area contributed by atoms with Crippen molar-refractivity contribution >= 4 is 44.0 Å². The predicted molar refractivity (Wildman–Crippen MR) is 118 cm³/mol. The average Bonchev–Trinajstić information content (AvgIpc) is 3.53. The Hall–Kier alpha value is -2.73. The molecule has 1 aromatic heterocycles. The van der Waals surface area contributed by atoms with E-state index in [1.165, 1.54) is 39.9 Å². The number of nitrogens with zero attached hydrogens (tertiary/aromatic N) is 3. The molecular weight excluding hydrogens is 476 g/mol. The van der Waals surface area contributed by atoms with E-state index in [1.807, 2.05) is 6.07 Å². The zero-order valence-electron chi connectivity index (χ0n) is 16.5. The second-order valence-corrected chi connectivity index (χ2v) is 10.5. The Balaban J connectivity index is 1.32. The Morgan fingerprint density at radius 1 is 1.12 bits per heavy atom. The Morgan fingerprint density at radius 3 is 2.72 bits per heavy atom. The lowest BCUT2D eigenvalue weighted by Crippen LogP contribution is -2.43. The monoisotopic (exact) mass is 492 g/mol. The van der Waals surface area contributed by atoms with Gasteiger partial charge in [-0.15, -0.1) is 10.2 Å². The van der Waals surface area contributed by atoms with Crippen LogP contribution in [0.5, 0.6) is 11.5 Å². The summed E-state index contributed by atoms with van der Waals surface area (Å²) in [6.45, 7) is 0.439. The maximum absolute atomic E-state index is 13.1. The van der Waals surface area contributed by atoms with E-state index in [4.69, 9.17) is 21.1 Å². The molecule has 3 aromatic rings. The van der Waals surface area contributed by atoms with Crippen molar-refractivity contribution in [3.63, 3.8) is 0 Å². The third-order valence-electron chi connectivity index (χ3n) is 5.20. The highest BCUT2D eigenvalue weighted by Crippen LogP contribution is 2.37. The lowest BCUT2D eigenvalue weighted by molar-refractivity contribution is -0.119. The number of fused-ring (bicyclic) bond motifs is 1. The van der Waals surface area contributed by atoms with Gasteiger partial charge < -0.3 is 9.47 Å². The molecule has 1 N–H and O–H groups in total. The highest BCUT2D eigenvalue weighted by atomic mass is 35.5. The molecule has 0 radical (unpaired) electrons. The summed E-state index contributed by atoms with van der Waals surface area (Å²) in [6.07, 6.45) is 1.01. The van der Waals surface area contributed by atoms with Crippen molar-refractivity contribution in [1.29, 1.82) is 0 Å². The first-order chi connectivity index (χ1) is 15.4. The number of rotatable bonds is 5. The molecule has 9 nitrogen and oxygen atoms in total. The molecule has 12 heteroatoms. The van der Waals surface area contributed by atoms with E-state index in [-0.39, 0.29) is 18.2 Å². The molecule has 0 saturated carbocycles. The first-order valence-electron chi connectivity index (χ1n) is 9.73. The van der Waals surface area contributed by atoms with Gasteiger partial charge in [-0.05, 0) is 55.3 Å². The molecule has 1 unspecified atom stereocenters. The fourth-order valence-electron chi connectivity index (χ4n) is 3.64. The lowest BCUT2D eigenvalue weighted by atomic mass is 10.2. The van der Waals surface area contributed by atoms with Gasteiger partial charge in [0.1, 0.15) is 11.0 Å². The van der Waals surface area contributed by atoms with Gasteiger partial charge in [0, 0.05) is 17.1 Å². The van der Waals surface area contributed by atoms with Crippen molar-refractivity contribution in [2.45, 2.75) is 23.8 Å². The molecule has 2 aliphatic heterocycles. The molecule has 3 heterocycles. The summed E-state index contributed by atoms with van der Waals surface area (Å²) >= 11 is 7.06. The fourth-order valence-corrected chi connectivity index (χ4v) is 6.17. The Labute approximate surface area is 193 Å². The maximum Gasteiger partial charge on any atom is 0.244 e. The first kappa shape index (κ1) is 21.1. The van der Waals surface area contributed by atoms with Crippen molar-refractivity contribution in [1.82, 2.24) is 14.5 Å². The number of hydrogen-bond acceptors (Lipinski definition) is 8. The fraction of sp³-hybridized carbons (Fsp3) is 0.250. The summed E-state index contributed by atoms with van der Waals surface area (Å²) < 4.78 is 38.0. The first-order valence-corrected chi connectivity index (χ1v) is 12.4. The third kappa shape index (κ3) is 3.92. The van der Waals surface area contributed by atoms with Crippen molar-refractivity contribution in [3.8, 4) is 22.1 Å². The van der Waals surface area contributed by atoms with Gasteiger partial charge in [0.25, 0.3) is 0 Å². The number of nitrogens with one attached hydrogen (secondary N) is 1. The zero-order valence-corrected chi connectivity index (χ0v) is 18.9. The minimum atomic E-state index is -3.83. The van der Waals surface area contributed by atoms with E-state index in [9.17, 15) is 13.2 Å². The van der Waals surface area contributed by atoms with Crippen LogP contribution in [0.1, 0.15) is 12.8 Å². The van der Waals surface area contributed by atoms with E-state index in [2.05, 4.69) is 15.5 Å². The maximum atomic E-state index is 13.1. The van der Waals surface area contributed by atoms with Gasteiger partial charge in [-0.1, -0.05) is 22.9 Å². The van der Waals surface area contributed by atoms with Crippen LogP contribution in [0.15, 0.2) is 47.4 Å². The number of hydrogen-bond donors (Lipinski definition) is 1. The van der Waals surface area contributed by atoms with Gasteiger partial charge in [-0.3, -0.25) is 10.1 Å². The summed E-state index contributed by atoms with van der Waals surface area (Å²) in [6, 6.07) is 10.5. The van der Waals surface area contributed by atoms with Crippen LogP contribution >= 0.6 is 22.9 Å². The number of amides is 1. The summed E-state index contributed by atoms with van der Waals surface area (Å²) in [5.41, 5.74) is 0.778. The highest BCUT2D eigenvalue weighted by Gasteiger charge is 2.39. The quantitative estimate of drug-likeness (QED) is 0.581. The number of sulfonamides is 1. The molecule has 1 saturated heterocycles. The zero-order chi connectivity index (χ0) is 22.3. The van der Waals surface area contributed by atoms with Crippen LogP contribution in [0.3, 0.4) is 0 Å². The minimum Gasteiger partial charge on any atom is -0.454 e. The van der Waals surface area contributed by atoms with Crippen LogP contribution in [-0.2, 0) is 14.8 Å². The van der Waals surface area contributed by atoms with E-state index in [0.717, 1.165) is 5.56 Å². The number of aromatic nitrogens is 2.